The summed E-state index contributed by atoms with van der Waals surface area (Å²) in [6.45, 7) is 1.96. The summed E-state index contributed by atoms with van der Waals surface area (Å²) in [5, 5.41) is 9.34. The van der Waals surface area contributed by atoms with Crippen LogP contribution in [0.1, 0.15) is 17.0 Å². The van der Waals surface area contributed by atoms with Crippen LogP contribution in [0.25, 0.3) is 22.3 Å². The number of fused-ring (bicyclic) bond motifs is 1. The minimum atomic E-state index is 0.379. The summed E-state index contributed by atoms with van der Waals surface area (Å²) in [4.78, 5) is 13.3. The van der Waals surface area contributed by atoms with E-state index in [-0.39, 0.29) is 0 Å². The number of hydrogen-bond acceptors (Lipinski definition) is 6. The molecule has 0 bridgehead atoms. The number of aryl methyl sites for hydroxylation is 2. The highest BCUT2D eigenvalue weighted by Crippen LogP contribution is 2.28. The standard InChI is InChI=1S/C19H17ClN6O/c1-11-8-22-18(20)17-14(11)9-21-16(24-17)7-12-4-5-13(6-15(12)27-3)19-25-23-10-26(19)2/h4-6,8-10H,7H2,1-3H3. The lowest BCUT2D eigenvalue weighted by Gasteiger charge is -2.11. The molecule has 0 radical (unpaired) electrons. The van der Waals surface area contributed by atoms with Crippen molar-refractivity contribution in [3.05, 3.63) is 59.0 Å². The van der Waals surface area contributed by atoms with Crippen LogP contribution in [0.4, 0.5) is 0 Å². The second-order valence-electron chi connectivity index (χ2n) is 6.25. The fraction of sp³-hybridized carbons (Fsp3) is 0.211. The summed E-state index contributed by atoms with van der Waals surface area (Å²) in [6.07, 6.45) is 5.70. The van der Waals surface area contributed by atoms with Crippen molar-refractivity contribution < 1.29 is 4.74 Å². The summed E-state index contributed by atoms with van der Waals surface area (Å²) in [5.41, 5.74) is 3.56. The first-order valence-electron chi connectivity index (χ1n) is 8.35. The molecular weight excluding hydrogens is 364 g/mol. The summed E-state index contributed by atoms with van der Waals surface area (Å²) in [7, 11) is 3.54. The van der Waals surface area contributed by atoms with Gasteiger partial charge in [0.1, 0.15) is 23.4 Å². The highest BCUT2D eigenvalue weighted by atomic mass is 35.5. The second-order valence-corrected chi connectivity index (χ2v) is 6.61. The summed E-state index contributed by atoms with van der Waals surface area (Å²) in [6, 6.07) is 5.92. The number of hydrogen-bond donors (Lipinski definition) is 0. The van der Waals surface area contributed by atoms with Gasteiger partial charge in [-0.3, -0.25) is 0 Å². The molecule has 0 N–H and O–H groups in total. The Morgan fingerprint density at radius 3 is 2.78 bits per heavy atom. The van der Waals surface area contributed by atoms with Crippen molar-refractivity contribution in [2.75, 3.05) is 7.11 Å². The van der Waals surface area contributed by atoms with E-state index >= 15 is 0 Å². The van der Waals surface area contributed by atoms with Crippen molar-refractivity contribution in [1.29, 1.82) is 0 Å². The lowest BCUT2D eigenvalue weighted by atomic mass is 10.1. The van der Waals surface area contributed by atoms with Gasteiger partial charge in [0, 0.05) is 42.4 Å². The third-order valence-corrected chi connectivity index (χ3v) is 4.71. The molecule has 4 aromatic rings. The zero-order chi connectivity index (χ0) is 19.0. The average Bonchev–Trinajstić information content (AvgIpc) is 3.11. The maximum Gasteiger partial charge on any atom is 0.163 e. The molecule has 0 amide bonds. The number of benzene rings is 1. The van der Waals surface area contributed by atoms with E-state index in [4.69, 9.17) is 16.3 Å². The highest BCUT2D eigenvalue weighted by Gasteiger charge is 2.13. The predicted octanol–water partition coefficient (Wildman–Crippen LogP) is 3.38. The van der Waals surface area contributed by atoms with Crippen LogP contribution < -0.4 is 4.74 Å². The SMILES string of the molecule is COc1cc(-c2nncn2C)ccc1Cc1ncc2c(C)cnc(Cl)c2n1. The van der Waals surface area contributed by atoms with Crippen LogP contribution in [-0.4, -0.2) is 36.8 Å². The van der Waals surface area contributed by atoms with Gasteiger partial charge < -0.3 is 9.30 Å². The Hall–Kier alpha value is -3.06. The van der Waals surface area contributed by atoms with Gasteiger partial charge in [0.15, 0.2) is 11.0 Å². The quantitative estimate of drug-likeness (QED) is 0.505. The van der Waals surface area contributed by atoms with E-state index < -0.39 is 0 Å². The number of pyridine rings is 1. The van der Waals surface area contributed by atoms with Gasteiger partial charge in [-0.15, -0.1) is 10.2 Å². The third-order valence-electron chi connectivity index (χ3n) is 4.44. The molecule has 0 fully saturated rings. The first-order chi connectivity index (χ1) is 13.1. The molecule has 3 aromatic heterocycles. The van der Waals surface area contributed by atoms with E-state index in [9.17, 15) is 0 Å². The van der Waals surface area contributed by atoms with Crippen LogP contribution in [0.15, 0.2) is 36.9 Å². The first-order valence-corrected chi connectivity index (χ1v) is 8.72. The lowest BCUT2D eigenvalue weighted by molar-refractivity contribution is 0.410. The normalized spacial score (nSPS) is 11.1. The van der Waals surface area contributed by atoms with Crippen LogP contribution >= 0.6 is 11.6 Å². The van der Waals surface area contributed by atoms with Crippen LogP contribution in [-0.2, 0) is 13.5 Å². The number of aromatic nitrogens is 6. The maximum atomic E-state index is 6.21. The van der Waals surface area contributed by atoms with Crippen LogP contribution in [0.2, 0.25) is 5.15 Å². The first kappa shape index (κ1) is 17.4. The number of halogens is 1. The van der Waals surface area contributed by atoms with Crippen molar-refractivity contribution in [2.45, 2.75) is 13.3 Å². The number of nitrogens with zero attached hydrogens (tertiary/aromatic N) is 6. The molecule has 0 unspecified atom stereocenters. The molecule has 0 aliphatic carbocycles. The Balaban J connectivity index is 1.71. The molecule has 4 rings (SSSR count). The molecular formula is C19H17ClN6O. The molecule has 0 aliphatic heterocycles. The van der Waals surface area contributed by atoms with E-state index in [2.05, 4.69) is 25.1 Å². The van der Waals surface area contributed by atoms with Gasteiger partial charge in [-0.25, -0.2) is 15.0 Å². The molecule has 27 heavy (non-hydrogen) atoms. The van der Waals surface area contributed by atoms with Gasteiger partial charge in [-0.05, 0) is 18.6 Å². The molecule has 0 aliphatic rings. The van der Waals surface area contributed by atoms with Crippen LogP contribution in [0, 0.1) is 6.92 Å². The molecule has 1 aromatic carbocycles. The Morgan fingerprint density at radius 2 is 2.04 bits per heavy atom. The molecule has 7 nitrogen and oxygen atoms in total. The maximum absolute atomic E-state index is 6.21. The fourth-order valence-corrected chi connectivity index (χ4v) is 3.17. The predicted molar refractivity (Wildman–Crippen MR) is 103 cm³/mol. The minimum Gasteiger partial charge on any atom is -0.496 e. The van der Waals surface area contributed by atoms with Crippen molar-refractivity contribution in [3.63, 3.8) is 0 Å². The monoisotopic (exact) mass is 380 g/mol. The van der Waals surface area contributed by atoms with Gasteiger partial charge in [0.25, 0.3) is 0 Å². The van der Waals surface area contributed by atoms with Gasteiger partial charge in [0.05, 0.1) is 7.11 Å². The minimum absolute atomic E-state index is 0.379. The Bertz CT molecular complexity index is 1140. The molecule has 136 valence electrons. The molecule has 0 saturated heterocycles. The topological polar surface area (TPSA) is 78.6 Å². The molecule has 0 atom stereocenters. The van der Waals surface area contributed by atoms with Gasteiger partial charge in [0.2, 0.25) is 0 Å². The van der Waals surface area contributed by atoms with E-state index in [1.807, 2.05) is 36.7 Å². The van der Waals surface area contributed by atoms with E-state index in [0.717, 1.165) is 33.7 Å². The lowest BCUT2D eigenvalue weighted by Crippen LogP contribution is -2.01. The van der Waals surface area contributed by atoms with Crippen LogP contribution in [0.5, 0.6) is 5.75 Å². The molecule has 3 heterocycles. The van der Waals surface area contributed by atoms with Crippen molar-refractivity contribution in [2.24, 2.45) is 7.05 Å². The van der Waals surface area contributed by atoms with Crippen molar-refractivity contribution in [3.8, 4) is 17.1 Å². The Morgan fingerprint density at radius 1 is 1.19 bits per heavy atom. The second kappa shape index (κ2) is 6.92. The molecule has 0 saturated carbocycles. The number of rotatable bonds is 4. The zero-order valence-electron chi connectivity index (χ0n) is 15.1. The van der Waals surface area contributed by atoms with Gasteiger partial charge in [-0.1, -0.05) is 23.7 Å². The average molecular weight is 381 g/mol. The third kappa shape index (κ3) is 3.21. The Kier molecular flexibility index (Phi) is 4.45. The summed E-state index contributed by atoms with van der Waals surface area (Å²) >= 11 is 6.21. The Labute approximate surface area is 161 Å². The zero-order valence-corrected chi connectivity index (χ0v) is 15.9. The van der Waals surface area contributed by atoms with Gasteiger partial charge >= 0.3 is 0 Å². The molecule has 8 heteroatoms. The smallest absolute Gasteiger partial charge is 0.163 e. The van der Waals surface area contributed by atoms with E-state index in [1.165, 1.54) is 0 Å². The highest BCUT2D eigenvalue weighted by molar-refractivity contribution is 6.33. The summed E-state index contributed by atoms with van der Waals surface area (Å²) in [5.74, 6) is 2.17. The fourth-order valence-electron chi connectivity index (χ4n) is 2.98. The van der Waals surface area contributed by atoms with Gasteiger partial charge in [-0.2, -0.15) is 0 Å². The molecule has 0 spiro atoms. The number of ether oxygens (including phenoxy) is 1. The summed E-state index contributed by atoms with van der Waals surface area (Å²) < 4.78 is 7.43. The largest absolute Gasteiger partial charge is 0.496 e. The van der Waals surface area contributed by atoms with E-state index in [0.29, 0.717) is 22.9 Å². The van der Waals surface area contributed by atoms with Crippen LogP contribution in [0.3, 0.4) is 0 Å². The number of methoxy groups -OCH3 is 1. The van der Waals surface area contributed by atoms with Crippen molar-refractivity contribution in [1.82, 2.24) is 29.7 Å². The van der Waals surface area contributed by atoms with E-state index in [1.54, 1.807) is 25.8 Å². The van der Waals surface area contributed by atoms with Crippen molar-refractivity contribution >= 4 is 22.5 Å².